The molecule has 0 aliphatic carbocycles. The van der Waals surface area contributed by atoms with Gasteiger partial charge in [0.05, 0.1) is 25.1 Å². The number of carbonyl (C=O) groups is 3. The van der Waals surface area contributed by atoms with Crippen LogP contribution in [0.25, 0.3) is 0 Å². The SMILES string of the molecule is CCOC(=O)C[C@@H]1[C@H](NC(=O)OC(C)(C)C)CCN1C(=O)NCc1ccccc1. The van der Waals surface area contributed by atoms with E-state index in [0.717, 1.165) is 5.56 Å². The summed E-state index contributed by atoms with van der Waals surface area (Å²) in [5.41, 5.74) is 0.344. The first kappa shape index (κ1) is 22.5. The van der Waals surface area contributed by atoms with Crippen LogP contribution >= 0.6 is 0 Å². The van der Waals surface area contributed by atoms with Gasteiger partial charge in [-0.05, 0) is 39.7 Å². The van der Waals surface area contributed by atoms with Gasteiger partial charge in [0.15, 0.2) is 0 Å². The van der Waals surface area contributed by atoms with Crippen molar-refractivity contribution in [1.29, 1.82) is 0 Å². The number of hydrogen-bond donors (Lipinski definition) is 2. The fourth-order valence-corrected chi connectivity index (χ4v) is 3.25. The fraction of sp³-hybridized carbons (Fsp3) is 0.571. The number of alkyl carbamates (subject to hydrolysis) is 1. The van der Waals surface area contributed by atoms with Crippen LogP contribution in [0.4, 0.5) is 9.59 Å². The van der Waals surface area contributed by atoms with Crippen molar-refractivity contribution in [2.24, 2.45) is 0 Å². The monoisotopic (exact) mass is 405 g/mol. The molecule has 0 saturated carbocycles. The summed E-state index contributed by atoms with van der Waals surface area (Å²) in [5, 5.41) is 5.68. The van der Waals surface area contributed by atoms with Crippen molar-refractivity contribution >= 4 is 18.1 Å². The predicted octanol–water partition coefficient (Wildman–Crippen LogP) is 2.82. The zero-order valence-electron chi connectivity index (χ0n) is 17.6. The van der Waals surface area contributed by atoms with Crippen molar-refractivity contribution in [2.45, 2.75) is 64.8 Å². The highest BCUT2D eigenvalue weighted by atomic mass is 16.6. The lowest BCUT2D eigenvalue weighted by atomic mass is 10.1. The van der Waals surface area contributed by atoms with E-state index >= 15 is 0 Å². The van der Waals surface area contributed by atoms with Crippen LogP contribution in [0, 0.1) is 0 Å². The molecule has 3 amide bonds. The second kappa shape index (κ2) is 10.1. The van der Waals surface area contributed by atoms with Gasteiger partial charge in [-0.15, -0.1) is 0 Å². The number of benzene rings is 1. The Balaban J connectivity index is 2.03. The lowest BCUT2D eigenvalue weighted by molar-refractivity contribution is -0.144. The van der Waals surface area contributed by atoms with Gasteiger partial charge in [-0.1, -0.05) is 30.3 Å². The minimum Gasteiger partial charge on any atom is -0.466 e. The van der Waals surface area contributed by atoms with Crippen LogP contribution in [0.1, 0.15) is 46.1 Å². The number of carbonyl (C=O) groups excluding carboxylic acids is 3. The predicted molar refractivity (Wildman–Crippen MR) is 108 cm³/mol. The minimum atomic E-state index is -0.633. The molecule has 8 nitrogen and oxygen atoms in total. The molecule has 8 heteroatoms. The molecule has 1 aromatic rings. The second-order valence-corrected chi connectivity index (χ2v) is 7.96. The molecule has 1 heterocycles. The molecule has 160 valence electrons. The van der Waals surface area contributed by atoms with E-state index in [2.05, 4.69) is 10.6 Å². The molecule has 0 aromatic heterocycles. The lowest BCUT2D eigenvalue weighted by Gasteiger charge is -2.29. The highest BCUT2D eigenvalue weighted by Crippen LogP contribution is 2.22. The van der Waals surface area contributed by atoms with E-state index in [1.807, 2.05) is 30.3 Å². The van der Waals surface area contributed by atoms with Crippen molar-refractivity contribution in [1.82, 2.24) is 15.5 Å². The maximum atomic E-state index is 12.7. The van der Waals surface area contributed by atoms with E-state index in [9.17, 15) is 14.4 Å². The first-order valence-electron chi connectivity index (χ1n) is 9.93. The number of likely N-dealkylation sites (tertiary alicyclic amines) is 1. The molecule has 0 radical (unpaired) electrons. The summed E-state index contributed by atoms with van der Waals surface area (Å²) in [6.45, 7) is 8.13. The summed E-state index contributed by atoms with van der Waals surface area (Å²) in [6.07, 6.45) is -0.0299. The number of ether oxygens (including phenoxy) is 2. The zero-order chi connectivity index (χ0) is 21.4. The highest BCUT2D eigenvalue weighted by Gasteiger charge is 2.40. The van der Waals surface area contributed by atoms with Gasteiger partial charge in [0.25, 0.3) is 0 Å². The molecule has 29 heavy (non-hydrogen) atoms. The molecule has 1 aliphatic rings. The molecule has 1 aliphatic heterocycles. The summed E-state index contributed by atoms with van der Waals surface area (Å²) in [7, 11) is 0. The Labute approximate surface area is 171 Å². The number of hydrogen-bond acceptors (Lipinski definition) is 5. The molecule has 2 atom stereocenters. The first-order valence-corrected chi connectivity index (χ1v) is 9.93. The zero-order valence-corrected chi connectivity index (χ0v) is 17.6. The molecule has 2 rings (SSSR count). The molecular weight excluding hydrogens is 374 g/mol. The Morgan fingerprint density at radius 2 is 1.86 bits per heavy atom. The summed E-state index contributed by atoms with van der Waals surface area (Å²) < 4.78 is 10.4. The van der Waals surface area contributed by atoms with Gasteiger partial charge in [0.2, 0.25) is 0 Å². The van der Waals surface area contributed by atoms with Gasteiger partial charge < -0.3 is 25.0 Å². The maximum absolute atomic E-state index is 12.7. The van der Waals surface area contributed by atoms with Gasteiger partial charge in [-0.2, -0.15) is 0 Å². The summed E-state index contributed by atoms with van der Waals surface area (Å²) in [6, 6.07) is 8.39. The largest absolute Gasteiger partial charge is 0.466 e. The van der Waals surface area contributed by atoms with Crippen molar-refractivity contribution in [3.63, 3.8) is 0 Å². The van der Waals surface area contributed by atoms with Crippen LogP contribution < -0.4 is 10.6 Å². The Morgan fingerprint density at radius 3 is 2.48 bits per heavy atom. The van der Waals surface area contributed by atoms with Gasteiger partial charge in [-0.25, -0.2) is 9.59 Å². The number of amides is 3. The van der Waals surface area contributed by atoms with Crippen LogP contribution in [-0.4, -0.2) is 53.8 Å². The quantitative estimate of drug-likeness (QED) is 0.710. The van der Waals surface area contributed by atoms with Crippen LogP contribution in [0.2, 0.25) is 0 Å². The van der Waals surface area contributed by atoms with E-state index in [1.165, 1.54) is 0 Å². The Hall–Kier alpha value is -2.77. The van der Waals surface area contributed by atoms with Crippen LogP contribution in [0.15, 0.2) is 30.3 Å². The second-order valence-electron chi connectivity index (χ2n) is 7.96. The molecule has 1 fully saturated rings. The van der Waals surface area contributed by atoms with E-state index < -0.39 is 29.7 Å². The third-order valence-electron chi connectivity index (χ3n) is 4.48. The fourth-order valence-electron chi connectivity index (χ4n) is 3.25. The Morgan fingerprint density at radius 1 is 1.17 bits per heavy atom. The topological polar surface area (TPSA) is 97.0 Å². The average Bonchev–Trinajstić information content (AvgIpc) is 3.01. The molecular formula is C21H31N3O5. The van der Waals surface area contributed by atoms with E-state index in [0.29, 0.717) is 19.5 Å². The number of urea groups is 1. The molecule has 0 unspecified atom stereocenters. The smallest absolute Gasteiger partial charge is 0.407 e. The minimum absolute atomic E-state index is 0.00701. The van der Waals surface area contributed by atoms with Crippen molar-refractivity contribution < 1.29 is 23.9 Å². The normalized spacial score (nSPS) is 18.8. The molecule has 1 saturated heterocycles. The molecule has 2 N–H and O–H groups in total. The van der Waals surface area contributed by atoms with E-state index in [4.69, 9.17) is 9.47 Å². The van der Waals surface area contributed by atoms with Gasteiger partial charge in [-0.3, -0.25) is 4.79 Å². The number of nitrogens with one attached hydrogen (secondary N) is 2. The van der Waals surface area contributed by atoms with Gasteiger partial charge >= 0.3 is 18.1 Å². The standard InChI is InChI=1S/C21H31N3O5/c1-5-28-18(25)13-17-16(23-20(27)29-21(2,3)4)11-12-24(17)19(26)22-14-15-9-7-6-8-10-15/h6-10,16-17H,5,11-14H2,1-4H3,(H,22,26)(H,23,27)/t16-,17-/m1/s1. The first-order chi connectivity index (χ1) is 13.7. The molecule has 0 spiro atoms. The van der Waals surface area contributed by atoms with Crippen LogP contribution in [0.5, 0.6) is 0 Å². The summed E-state index contributed by atoms with van der Waals surface area (Å²) in [4.78, 5) is 38.6. The third kappa shape index (κ3) is 7.29. The van der Waals surface area contributed by atoms with Crippen molar-refractivity contribution in [3.8, 4) is 0 Å². The van der Waals surface area contributed by atoms with Gasteiger partial charge in [0, 0.05) is 13.1 Å². The number of nitrogens with zero attached hydrogens (tertiary/aromatic N) is 1. The maximum Gasteiger partial charge on any atom is 0.407 e. The Bertz CT molecular complexity index is 702. The number of rotatable bonds is 6. The van der Waals surface area contributed by atoms with E-state index in [-0.39, 0.29) is 19.1 Å². The van der Waals surface area contributed by atoms with Crippen LogP contribution in [0.3, 0.4) is 0 Å². The van der Waals surface area contributed by atoms with Crippen molar-refractivity contribution in [2.75, 3.05) is 13.2 Å². The summed E-state index contributed by atoms with van der Waals surface area (Å²) in [5.74, 6) is -0.406. The van der Waals surface area contributed by atoms with Crippen LogP contribution in [-0.2, 0) is 20.8 Å². The lowest BCUT2D eigenvalue weighted by Crippen LogP contribution is -2.51. The molecule has 0 bridgehead atoms. The number of esters is 1. The highest BCUT2D eigenvalue weighted by molar-refractivity contribution is 5.77. The van der Waals surface area contributed by atoms with Crippen molar-refractivity contribution in [3.05, 3.63) is 35.9 Å². The molecule has 1 aromatic carbocycles. The Kier molecular flexibility index (Phi) is 7.87. The third-order valence-corrected chi connectivity index (χ3v) is 4.48. The summed E-state index contributed by atoms with van der Waals surface area (Å²) >= 11 is 0. The van der Waals surface area contributed by atoms with E-state index in [1.54, 1.807) is 32.6 Å². The average molecular weight is 405 g/mol. The van der Waals surface area contributed by atoms with Gasteiger partial charge in [0.1, 0.15) is 5.60 Å².